The highest BCUT2D eigenvalue weighted by Gasteiger charge is 2.30. The molecule has 146 valence electrons. The van der Waals surface area contributed by atoms with E-state index in [4.69, 9.17) is 9.72 Å². The summed E-state index contributed by atoms with van der Waals surface area (Å²) in [6.45, 7) is 4.12. The number of carbonyl (C=O) groups excluding carboxylic acids is 1. The van der Waals surface area contributed by atoms with Crippen LogP contribution in [0.15, 0.2) is 30.3 Å². The van der Waals surface area contributed by atoms with Gasteiger partial charge in [-0.1, -0.05) is 18.2 Å². The number of anilines is 1. The second kappa shape index (κ2) is 8.03. The molecule has 2 aromatic rings. The summed E-state index contributed by atoms with van der Waals surface area (Å²) in [7, 11) is 1.89. The number of fused-ring (bicyclic) bond motifs is 1. The van der Waals surface area contributed by atoms with Gasteiger partial charge in [-0.05, 0) is 25.0 Å². The number of likely N-dealkylation sites (N-methyl/N-ethyl adjacent to an activating group) is 1. The molecule has 0 aliphatic carbocycles. The standard InChI is InChI=1S/C21H25N5O2/c1-24(21(27)25-9-11-28-12-10-25)17-5-4-8-26(15-17)20-13-16(14-22)18-6-2-3-7-19(18)23-20/h2-3,6-7,13,17H,4-5,8-12,15H2,1H3. The number of carbonyl (C=O) groups is 1. The van der Waals surface area contributed by atoms with Gasteiger partial charge in [0.25, 0.3) is 0 Å². The molecule has 28 heavy (non-hydrogen) atoms. The number of urea groups is 1. The summed E-state index contributed by atoms with van der Waals surface area (Å²) in [5.74, 6) is 0.812. The van der Waals surface area contributed by atoms with Crippen LogP contribution in [0, 0.1) is 11.3 Å². The Morgan fingerprint density at radius 3 is 2.86 bits per heavy atom. The van der Waals surface area contributed by atoms with Gasteiger partial charge in [0, 0.05) is 38.6 Å². The summed E-state index contributed by atoms with van der Waals surface area (Å²) in [5, 5.41) is 10.4. The molecule has 1 atom stereocenters. The Labute approximate surface area is 165 Å². The number of nitrogens with zero attached hydrogens (tertiary/aromatic N) is 5. The first-order chi connectivity index (χ1) is 13.7. The van der Waals surface area contributed by atoms with Gasteiger partial charge in [-0.3, -0.25) is 0 Å². The molecule has 2 aliphatic heterocycles. The fraction of sp³-hybridized carbons (Fsp3) is 0.476. The van der Waals surface area contributed by atoms with Crippen molar-refractivity contribution in [2.24, 2.45) is 0 Å². The highest BCUT2D eigenvalue weighted by Crippen LogP contribution is 2.26. The fourth-order valence-corrected chi connectivity index (χ4v) is 4.03. The molecule has 3 heterocycles. The van der Waals surface area contributed by atoms with Gasteiger partial charge in [0.1, 0.15) is 5.82 Å². The summed E-state index contributed by atoms with van der Waals surface area (Å²) in [6, 6.07) is 12.1. The largest absolute Gasteiger partial charge is 0.378 e. The molecule has 0 saturated carbocycles. The second-order valence-electron chi connectivity index (χ2n) is 7.39. The van der Waals surface area contributed by atoms with Crippen molar-refractivity contribution in [2.75, 3.05) is 51.3 Å². The van der Waals surface area contributed by atoms with E-state index in [1.165, 1.54) is 0 Å². The first kappa shape index (κ1) is 18.5. The first-order valence-corrected chi connectivity index (χ1v) is 9.81. The lowest BCUT2D eigenvalue weighted by Crippen LogP contribution is -2.54. The highest BCUT2D eigenvalue weighted by atomic mass is 16.5. The molecule has 4 rings (SSSR count). The molecule has 0 N–H and O–H groups in total. The predicted molar refractivity (Wildman–Crippen MR) is 107 cm³/mol. The molecule has 2 saturated heterocycles. The summed E-state index contributed by atoms with van der Waals surface area (Å²) in [5.41, 5.74) is 1.47. The molecule has 2 fully saturated rings. The van der Waals surface area contributed by atoms with Gasteiger partial charge in [-0.15, -0.1) is 0 Å². The Kier molecular flexibility index (Phi) is 5.31. The highest BCUT2D eigenvalue weighted by molar-refractivity contribution is 5.86. The number of piperidine rings is 1. The van der Waals surface area contributed by atoms with E-state index in [0.717, 1.165) is 42.7 Å². The van der Waals surface area contributed by atoms with Crippen LogP contribution < -0.4 is 4.90 Å². The number of pyridine rings is 1. The maximum atomic E-state index is 12.8. The Morgan fingerprint density at radius 1 is 1.29 bits per heavy atom. The van der Waals surface area contributed by atoms with Crippen molar-refractivity contribution < 1.29 is 9.53 Å². The number of hydrogen-bond acceptors (Lipinski definition) is 5. The Bertz CT molecular complexity index is 903. The first-order valence-electron chi connectivity index (χ1n) is 9.81. The molecule has 7 heteroatoms. The zero-order chi connectivity index (χ0) is 19.5. The van der Waals surface area contributed by atoms with E-state index in [0.29, 0.717) is 31.9 Å². The summed E-state index contributed by atoms with van der Waals surface area (Å²) in [4.78, 5) is 23.5. The lowest BCUT2D eigenvalue weighted by Gasteiger charge is -2.40. The smallest absolute Gasteiger partial charge is 0.320 e. The Hall–Kier alpha value is -2.85. The van der Waals surface area contributed by atoms with Crippen molar-refractivity contribution in [2.45, 2.75) is 18.9 Å². The van der Waals surface area contributed by atoms with Crippen LogP contribution in [0.5, 0.6) is 0 Å². The van der Waals surface area contributed by atoms with E-state index in [1.54, 1.807) is 0 Å². The topological polar surface area (TPSA) is 72.7 Å². The van der Waals surface area contributed by atoms with Crippen LogP contribution in [0.4, 0.5) is 10.6 Å². The van der Waals surface area contributed by atoms with Gasteiger partial charge in [0.2, 0.25) is 0 Å². The second-order valence-corrected chi connectivity index (χ2v) is 7.39. The molecule has 1 aromatic carbocycles. The van der Waals surface area contributed by atoms with Crippen LogP contribution in [-0.2, 0) is 4.74 Å². The van der Waals surface area contributed by atoms with E-state index < -0.39 is 0 Å². The molecule has 2 aliphatic rings. The van der Waals surface area contributed by atoms with E-state index in [9.17, 15) is 10.1 Å². The third-order valence-electron chi connectivity index (χ3n) is 5.67. The zero-order valence-corrected chi connectivity index (χ0v) is 16.2. The lowest BCUT2D eigenvalue weighted by atomic mass is 10.0. The van der Waals surface area contributed by atoms with E-state index >= 15 is 0 Å². The number of morpholine rings is 1. The normalized spacial score (nSPS) is 20.1. The maximum Gasteiger partial charge on any atom is 0.320 e. The average Bonchev–Trinajstić information content (AvgIpc) is 2.78. The van der Waals surface area contributed by atoms with E-state index in [1.807, 2.05) is 47.2 Å². The molecular weight excluding hydrogens is 354 g/mol. The quantitative estimate of drug-likeness (QED) is 0.801. The van der Waals surface area contributed by atoms with Gasteiger partial charge in [-0.2, -0.15) is 5.26 Å². The SMILES string of the molecule is CN(C(=O)N1CCOCC1)C1CCCN(c2cc(C#N)c3ccccc3n2)C1. The van der Waals surface area contributed by atoms with Gasteiger partial charge in [0.05, 0.1) is 36.4 Å². The number of ether oxygens (including phenoxy) is 1. The van der Waals surface area contributed by atoms with Crippen LogP contribution in [0.2, 0.25) is 0 Å². The van der Waals surface area contributed by atoms with Crippen molar-refractivity contribution in [3.8, 4) is 6.07 Å². The number of para-hydroxylation sites is 1. The van der Waals surface area contributed by atoms with Gasteiger partial charge < -0.3 is 19.4 Å². The van der Waals surface area contributed by atoms with Crippen LogP contribution in [-0.4, -0.2) is 73.3 Å². The Balaban J connectivity index is 1.53. The fourth-order valence-electron chi connectivity index (χ4n) is 4.03. The third-order valence-corrected chi connectivity index (χ3v) is 5.67. The minimum atomic E-state index is 0.0688. The van der Waals surface area contributed by atoms with Gasteiger partial charge >= 0.3 is 6.03 Å². The van der Waals surface area contributed by atoms with Crippen LogP contribution in [0.3, 0.4) is 0 Å². The predicted octanol–water partition coefficient (Wildman–Crippen LogP) is 2.46. The maximum absolute atomic E-state index is 12.8. The van der Waals surface area contributed by atoms with Crippen molar-refractivity contribution in [3.05, 3.63) is 35.9 Å². The number of rotatable bonds is 2. The molecule has 0 bridgehead atoms. The van der Waals surface area contributed by atoms with Crippen molar-refractivity contribution in [3.63, 3.8) is 0 Å². The minimum Gasteiger partial charge on any atom is -0.378 e. The number of benzene rings is 1. The zero-order valence-electron chi connectivity index (χ0n) is 16.2. The average molecular weight is 379 g/mol. The van der Waals surface area contributed by atoms with Crippen molar-refractivity contribution in [1.29, 1.82) is 5.26 Å². The van der Waals surface area contributed by atoms with Gasteiger partial charge in [0.15, 0.2) is 0 Å². The molecule has 0 radical (unpaired) electrons. The van der Waals surface area contributed by atoms with Crippen molar-refractivity contribution >= 4 is 22.8 Å². The molecule has 2 amide bonds. The number of amides is 2. The number of hydrogen-bond donors (Lipinski definition) is 0. The van der Waals surface area contributed by atoms with E-state index in [-0.39, 0.29) is 12.1 Å². The number of nitriles is 1. The summed E-state index contributed by atoms with van der Waals surface area (Å²) < 4.78 is 5.35. The van der Waals surface area contributed by atoms with Crippen LogP contribution >= 0.6 is 0 Å². The summed E-state index contributed by atoms with van der Waals surface area (Å²) >= 11 is 0. The van der Waals surface area contributed by atoms with E-state index in [2.05, 4.69) is 11.0 Å². The molecule has 7 nitrogen and oxygen atoms in total. The van der Waals surface area contributed by atoms with Crippen molar-refractivity contribution in [1.82, 2.24) is 14.8 Å². The van der Waals surface area contributed by atoms with Crippen LogP contribution in [0.1, 0.15) is 18.4 Å². The lowest BCUT2D eigenvalue weighted by molar-refractivity contribution is 0.0414. The van der Waals surface area contributed by atoms with Crippen LogP contribution in [0.25, 0.3) is 10.9 Å². The van der Waals surface area contributed by atoms with Gasteiger partial charge in [-0.25, -0.2) is 9.78 Å². The Morgan fingerprint density at radius 2 is 2.07 bits per heavy atom. The minimum absolute atomic E-state index is 0.0688. The molecular formula is C21H25N5O2. The molecule has 0 spiro atoms. The molecule has 1 unspecified atom stereocenters. The summed E-state index contributed by atoms with van der Waals surface area (Å²) in [6.07, 6.45) is 1.96. The number of aromatic nitrogens is 1. The monoisotopic (exact) mass is 379 g/mol. The molecule has 1 aromatic heterocycles. The third kappa shape index (κ3) is 3.60.